The second-order valence-electron chi connectivity index (χ2n) is 0. The first-order valence-electron chi connectivity index (χ1n) is 0. The quantitative estimate of drug-likeness (QED) is 0.566. The van der Waals surface area contributed by atoms with Gasteiger partial charge < -0.3 is 16.4 Å². The molecule has 0 heterocycles. The van der Waals surface area contributed by atoms with E-state index in [4.69, 9.17) is 0 Å². The van der Waals surface area contributed by atoms with Crippen LogP contribution in [0.15, 0.2) is 0 Å². The summed E-state index contributed by atoms with van der Waals surface area (Å²) in [5, 5.41) is 0. The second-order valence-corrected chi connectivity index (χ2v) is 0. The van der Waals surface area contributed by atoms with Crippen molar-refractivity contribution in [1.29, 1.82) is 0 Å². The molecule has 5 heavy (non-hydrogen) atoms. The maximum absolute atomic E-state index is 0. The van der Waals surface area contributed by atoms with E-state index in [1.54, 1.807) is 0 Å². The predicted octanol–water partition coefficient (Wildman–Crippen LogP) is -0.206. The normalized spacial score (nSPS) is 0. The molecule has 0 aromatic carbocycles. The Bertz CT molecular complexity index is 6.85. The molecular weight excluding hydrogens is 257 g/mol. The van der Waals surface area contributed by atoms with E-state index in [-0.39, 0.29) is 46.2 Å². The Hall–Kier alpha value is 0.620. The molecule has 0 bridgehead atoms. The summed E-state index contributed by atoms with van der Waals surface area (Å²) in [6.45, 7) is 0. The molecule has 0 aromatic rings. The average molecular weight is 262 g/mol. The predicted molar refractivity (Wildman–Crippen MR) is 11.2 cm³/mol. The van der Waals surface area contributed by atoms with E-state index in [0.29, 0.717) is 0 Å². The Balaban J connectivity index is 0. The molecular formula is CH5AuO3. The van der Waals surface area contributed by atoms with Crippen molar-refractivity contribution in [1.82, 2.24) is 0 Å². The van der Waals surface area contributed by atoms with Crippen LogP contribution in [0.25, 0.3) is 0 Å². The SMILES string of the molecule is [Au+3].[CH2].[OH-].[OH-].[OH-]. The number of hydrogen-bond donors (Lipinski definition) is 0. The van der Waals surface area contributed by atoms with Crippen LogP contribution in [-0.2, 0) is 22.4 Å². The van der Waals surface area contributed by atoms with Gasteiger partial charge in [-0.3, -0.25) is 0 Å². The molecule has 4 heteroatoms. The van der Waals surface area contributed by atoms with E-state index < -0.39 is 0 Å². The molecule has 0 fully saturated rings. The standard InChI is InChI=1S/CH2.Au.3H2O/h1H2;;3*1H2/q;+3;;;/p-3. The molecule has 0 amide bonds. The molecule has 3 N–H and O–H groups in total. The molecule has 0 unspecified atom stereocenters. The van der Waals surface area contributed by atoms with Crippen molar-refractivity contribution in [2.75, 3.05) is 0 Å². The Morgan fingerprint density at radius 1 is 0.600 bits per heavy atom. The van der Waals surface area contributed by atoms with E-state index in [1.807, 2.05) is 0 Å². The summed E-state index contributed by atoms with van der Waals surface area (Å²) < 4.78 is 0. The molecule has 38 valence electrons. The molecule has 0 rings (SSSR count). The van der Waals surface area contributed by atoms with Crippen molar-refractivity contribution in [3.05, 3.63) is 7.43 Å². The van der Waals surface area contributed by atoms with E-state index in [0.717, 1.165) is 0 Å². The maximum atomic E-state index is 0. The fourth-order valence-electron chi connectivity index (χ4n) is 0. The Labute approximate surface area is 46.8 Å². The average Bonchev–Trinajstić information content (AvgIpc) is 0. The van der Waals surface area contributed by atoms with Gasteiger partial charge in [-0.15, -0.1) is 0 Å². The fourth-order valence-corrected chi connectivity index (χ4v) is 0. The van der Waals surface area contributed by atoms with Gasteiger partial charge in [-0.25, -0.2) is 0 Å². The first kappa shape index (κ1) is 312. The first-order chi connectivity index (χ1) is 0. The summed E-state index contributed by atoms with van der Waals surface area (Å²) in [5.74, 6) is 0. The minimum absolute atomic E-state index is 0. The van der Waals surface area contributed by atoms with Crippen LogP contribution in [0.1, 0.15) is 0 Å². The fraction of sp³-hybridized carbons (Fsp3) is 0. The Morgan fingerprint density at radius 2 is 0.600 bits per heavy atom. The molecule has 0 aliphatic carbocycles. The van der Waals surface area contributed by atoms with E-state index in [2.05, 4.69) is 0 Å². The minimum Gasteiger partial charge on any atom is -0.870 e. The largest absolute Gasteiger partial charge is 3.00 e. The van der Waals surface area contributed by atoms with Gasteiger partial charge in [-0.2, -0.15) is 0 Å². The van der Waals surface area contributed by atoms with Crippen LogP contribution >= 0.6 is 0 Å². The molecule has 2 radical (unpaired) electrons. The van der Waals surface area contributed by atoms with Gasteiger partial charge in [0, 0.05) is 0 Å². The first-order valence-corrected chi connectivity index (χ1v) is 0. The van der Waals surface area contributed by atoms with Crippen molar-refractivity contribution in [2.24, 2.45) is 0 Å². The molecule has 0 aliphatic rings. The number of hydrogen-bond acceptors (Lipinski definition) is 3. The van der Waals surface area contributed by atoms with Crippen LogP contribution in [0.5, 0.6) is 0 Å². The smallest absolute Gasteiger partial charge is 0.870 e. The van der Waals surface area contributed by atoms with Crippen LogP contribution in [0.3, 0.4) is 0 Å². The van der Waals surface area contributed by atoms with Gasteiger partial charge in [0.25, 0.3) is 0 Å². The van der Waals surface area contributed by atoms with E-state index in [9.17, 15) is 0 Å². The molecule has 0 saturated carbocycles. The summed E-state index contributed by atoms with van der Waals surface area (Å²) >= 11 is 0. The van der Waals surface area contributed by atoms with Crippen molar-refractivity contribution < 1.29 is 38.8 Å². The number of rotatable bonds is 0. The van der Waals surface area contributed by atoms with Crippen LogP contribution in [0, 0.1) is 7.43 Å². The summed E-state index contributed by atoms with van der Waals surface area (Å²) in [7, 11) is 0. The third-order valence-corrected chi connectivity index (χ3v) is 0. The zero-order valence-corrected chi connectivity index (χ0v) is 4.52. The van der Waals surface area contributed by atoms with Crippen LogP contribution in [0.4, 0.5) is 0 Å². The van der Waals surface area contributed by atoms with E-state index >= 15 is 0 Å². The Morgan fingerprint density at radius 3 is 0.600 bits per heavy atom. The molecule has 0 spiro atoms. The van der Waals surface area contributed by atoms with Crippen molar-refractivity contribution >= 4 is 0 Å². The van der Waals surface area contributed by atoms with Gasteiger partial charge >= 0.3 is 22.4 Å². The van der Waals surface area contributed by atoms with Gasteiger partial charge in [-0.05, 0) is 0 Å². The van der Waals surface area contributed by atoms with Gasteiger partial charge in [-0.1, -0.05) is 7.43 Å². The Kier molecular flexibility index (Phi) is 9820. The summed E-state index contributed by atoms with van der Waals surface area (Å²) in [4.78, 5) is 0. The second kappa shape index (κ2) is 157. The molecule has 0 saturated heterocycles. The summed E-state index contributed by atoms with van der Waals surface area (Å²) in [6, 6.07) is 0. The van der Waals surface area contributed by atoms with Gasteiger partial charge in [0.1, 0.15) is 0 Å². The van der Waals surface area contributed by atoms with Gasteiger partial charge in [0.05, 0.1) is 0 Å². The van der Waals surface area contributed by atoms with Crippen LogP contribution < -0.4 is 0 Å². The maximum Gasteiger partial charge on any atom is 3.00 e. The van der Waals surface area contributed by atoms with Crippen LogP contribution in [0.2, 0.25) is 0 Å². The topological polar surface area (TPSA) is 90.0 Å². The molecule has 0 aromatic heterocycles. The minimum atomic E-state index is 0. The zero-order chi connectivity index (χ0) is 0. The van der Waals surface area contributed by atoms with E-state index in [1.165, 1.54) is 0 Å². The molecule has 0 aliphatic heterocycles. The molecule has 3 nitrogen and oxygen atoms in total. The monoisotopic (exact) mass is 262 g/mol. The third-order valence-electron chi connectivity index (χ3n) is 0. The van der Waals surface area contributed by atoms with Crippen LogP contribution in [-0.4, -0.2) is 16.4 Å². The molecule has 0 atom stereocenters. The van der Waals surface area contributed by atoms with Gasteiger partial charge in [0.15, 0.2) is 0 Å². The van der Waals surface area contributed by atoms with Crippen molar-refractivity contribution in [3.63, 3.8) is 0 Å². The zero-order valence-electron chi connectivity index (χ0n) is 2.35. The third kappa shape index (κ3) is 82.5. The summed E-state index contributed by atoms with van der Waals surface area (Å²) in [5.41, 5.74) is 0. The van der Waals surface area contributed by atoms with Crippen molar-refractivity contribution in [2.45, 2.75) is 0 Å². The van der Waals surface area contributed by atoms with Gasteiger partial charge in [0.2, 0.25) is 0 Å². The van der Waals surface area contributed by atoms with Crippen molar-refractivity contribution in [3.8, 4) is 0 Å². The summed E-state index contributed by atoms with van der Waals surface area (Å²) in [6.07, 6.45) is 0.